The van der Waals surface area contributed by atoms with Crippen LogP contribution in [0.3, 0.4) is 0 Å². The zero-order chi connectivity index (χ0) is 87.7. The van der Waals surface area contributed by atoms with Crippen LogP contribution in [0, 0.1) is 0 Å². The molecule has 21 nitrogen and oxygen atoms in total. The molecule has 0 unspecified atom stereocenters. The van der Waals surface area contributed by atoms with Gasteiger partial charge in [0.25, 0.3) is 0 Å². The number of anilines is 2. The van der Waals surface area contributed by atoms with Crippen molar-refractivity contribution in [2.24, 2.45) is 0 Å². The van der Waals surface area contributed by atoms with Gasteiger partial charge in [0.05, 0.1) is 92.8 Å². The van der Waals surface area contributed by atoms with Crippen LogP contribution in [-0.2, 0) is 54.5 Å². The SMILES string of the molecule is CC.CC.CC.CC.CC.CC.CN1c2cc3c(cc2C2(c4ccccc4-c4ccccc42)c2cc4c(cc21)C(=O)OC4=O)C(=O)OC3=O.O=C1OC(=O)c2cc3c(cc21)C1(c2ccccc2-c2ccccc21)c1cc2c(cc1S3(=O)=O)C(=O)OC2=O.O=C1OC(=O)c2cc3c(cc21)Sc1cc2c(cc1C31c3ccccc3-c3ccccc31)C(=O)OC2=O. The zero-order valence-corrected chi connectivity index (χ0v) is 70.3. The number of cyclic esters (lactones) is 12. The van der Waals surface area contributed by atoms with Gasteiger partial charge in [0.1, 0.15) is 0 Å². The van der Waals surface area contributed by atoms with Crippen molar-refractivity contribution in [2.45, 2.75) is 119 Å². The second kappa shape index (κ2) is 30.7. The van der Waals surface area contributed by atoms with Crippen LogP contribution in [0.2, 0.25) is 0 Å². The molecule has 12 aromatic rings. The minimum atomic E-state index is -4.33. The third-order valence-corrected chi connectivity index (χ3v) is 26.3. The van der Waals surface area contributed by atoms with Crippen molar-refractivity contribution in [1.29, 1.82) is 0 Å². The number of carbonyl (C=O) groups excluding carboxylic acids is 12. The van der Waals surface area contributed by atoms with Crippen molar-refractivity contribution in [3.05, 3.63) is 352 Å². The summed E-state index contributed by atoms with van der Waals surface area (Å²) >= 11 is 1.39. The largest absolute Gasteiger partial charge is 0.386 e. The van der Waals surface area contributed by atoms with Gasteiger partial charge in [-0.05, 0) is 173 Å². The Morgan fingerprint density at radius 2 is 0.398 bits per heavy atom. The summed E-state index contributed by atoms with van der Waals surface area (Å²) in [7, 11) is -2.50. The zero-order valence-electron chi connectivity index (χ0n) is 68.7. The molecule has 9 aliphatic heterocycles. The molecule has 12 aromatic carbocycles. The van der Waals surface area contributed by atoms with Crippen LogP contribution in [0.25, 0.3) is 33.4 Å². The van der Waals surface area contributed by atoms with Gasteiger partial charge in [-0.3, -0.25) is 0 Å². The van der Waals surface area contributed by atoms with Crippen LogP contribution in [0.1, 0.15) is 274 Å². The molecule has 24 rings (SSSR count). The van der Waals surface area contributed by atoms with Crippen LogP contribution in [0.15, 0.2) is 238 Å². The van der Waals surface area contributed by atoms with E-state index in [0.717, 1.165) is 98.8 Å². The van der Waals surface area contributed by atoms with Crippen LogP contribution < -0.4 is 4.90 Å². The van der Waals surface area contributed by atoms with Gasteiger partial charge in [-0.15, -0.1) is 0 Å². The van der Waals surface area contributed by atoms with E-state index in [-0.39, 0.29) is 87.7 Å². The molecule has 0 saturated heterocycles. The number of esters is 12. The predicted octanol–water partition coefficient (Wildman–Crippen LogP) is 19.9. The van der Waals surface area contributed by atoms with Crippen LogP contribution in [-0.4, -0.2) is 87.1 Å². The molecule has 0 N–H and O–H groups in total. The Labute approximate surface area is 710 Å². The number of carbonyl (C=O) groups is 12. The topological polar surface area (TPSA) is 298 Å². The molecule has 3 aliphatic carbocycles. The highest BCUT2D eigenvalue weighted by atomic mass is 32.2. The minimum absolute atomic E-state index is 0.0376. The van der Waals surface area contributed by atoms with Gasteiger partial charge < -0.3 is 33.3 Å². The maximum absolute atomic E-state index is 14.2. The molecule has 123 heavy (non-hydrogen) atoms. The summed E-state index contributed by atoms with van der Waals surface area (Å²) in [5.74, 6) is -9.04. The van der Waals surface area contributed by atoms with Crippen LogP contribution in [0.5, 0.6) is 0 Å². The summed E-state index contributed by atoms with van der Waals surface area (Å²) in [5, 5.41) is 0. The van der Waals surface area contributed by atoms with E-state index >= 15 is 0 Å². The molecular weight excluding hydrogens is 1600 g/mol. The van der Waals surface area contributed by atoms with Crippen LogP contribution in [0.4, 0.5) is 11.4 Å². The van der Waals surface area contributed by atoms with Gasteiger partial charge in [0.15, 0.2) is 0 Å². The summed E-state index contributed by atoms with van der Waals surface area (Å²) in [6.07, 6.45) is 0. The number of rotatable bonds is 0. The lowest BCUT2D eigenvalue weighted by atomic mass is 9.64. The van der Waals surface area contributed by atoms with Gasteiger partial charge in [-0.1, -0.05) is 240 Å². The van der Waals surface area contributed by atoms with Crippen LogP contribution >= 0.6 is 11.8 Å². The number of sulfone groups is 1. The number of hydrogen-bond donors (Lipinski definition) is 0. The number of fused-ring (bicyclic) bond motifs is 33. The minimum Gasteiger partial charge on any atom is -0.386 e. The molecule has 9 heterocycles. The van der Waals surface area contributed by atoms with Gasteiger partial charge in [0.2, 0.25) is 9.84 Å². The van der Waals surface area contributed by atoms with Gasteiger partial charge in [-0.2, -0.15) is 0 Å². The Bertz CT molecular complexity index is 6560. The van der Waals surface area contributed by atoms with Gasteiger partial charge >= 0.3 is 71.6 Å². The van der Waals surface area contributed by atoms with E-state index in [1.807, 2.05) is 216 Å². The first-order valence-corrected chi connectivity index (χ1v) is 42.9. The number of nitrogens with zero attached hydrogens (tertiary/aromatic N) is 1. The number of ether oxygens (including phenoxy) is 6. The third-order valence-electron chi connectivity index (χ3n) is 23.3. The molecule has 0 aromatic heterocycles. The average Bonchev–Trinajstić information content (AvgIpc) is 1.55. The summed E-state index contributed by atoms with van der Waals surface area (Å²) in [6, 6.07) is 66.1. The van der Waals surface area contributed by atoms with Gasteiger partial charge in [-0.25, -0.2) is 66.0 Å². The van der Waals surface area contributed by atoms with Crippen molar-refractivity contribution in [1.82, 2.24) is 0 Å². The van der Waals surface area contributed by atoms with Crippen molar-refractivity contribution in [3.8, 4) is 33.4 Å². The first kappa shape index (κ1) is 82.3. The summed E-state index contributed by atoms with van der Waals surface area (Å²) < 4.78 is 57.6. The molecule has 0 atom stereocenters. The lowest BCUT2D eigenvalue weighted by Crippen LogP contribution is -2.37. The molecule has 23 heteroatoms. The second-order valence-corrected chi connectivity index (χ2v) is 31.1. The average molecular weight is 1670 g/mol. The lowest BCUT2D eigenvalue weighted by Gasteiger charge is -2.44. The predicted molar refractivity (Wildman–Crippen MR) is 455 cm³/mol. The lowest BCUT2D eigenvalue weighted by molar-refractivity contribution is 0.0425. The maximum Gasteiger partial charge on any atom is 0.346 e. The molecule has 0 radical (unpaired) electrons. The monoisotopic (exact) mass is 1670 g/mol. The fourth-order valence-electron chi connectivity index (χ4n) is 18.9. The standard InChI is InChI=1S/C30H15NO6.C29H12O8S.C29H12O6S.6C2H6/c1-31-24-12-18-16(26(32)36-28(18)34)10-22(24)30(23-11-17-19(13-25(23)31)29(35)37-27(17)33)20-8-4-2-6-14(20)15-7-3-5-9-21(15)30;30-25-15-9-21-23(11-17(15)27(32)36-25)38(34,35)24-12-18-16(26(31)37-28(18)33)10-22(24)29(21)19-7-3-1-5-13(19)14-6-2-4-8-20(14)29;30-25-15-9-21-23(11-17(15)27(32)34-25)36-24-12-18-16(26(31)35-28(18)33)10-22(24)29(21)19-7-3-1-5-13(19)14-6-2-4-8-20(14)29;6*1-2/h2-13H,1H3;1-12H;1-12H;6*1-2H3. The normalized spacial score (nSPS) is 16.1. The smallest absolute Gasteiger partial charge is 0.346 e. The number of hydrogen-bond acceptors (Lipinski definition) is 22. The Balaban J connectivity index is 0.000000129. The fraction of sp³-hybridized carbons (Fsp3) is 0.160. The summed E-state index contributed by atoms with van der Waals surface area (Å²) in [6.45, 7) is 24.0. The molecule has 612 valence electrons. The summed E-state index contributed by atoms with van der Waals surface area (Å²) in [5.41, 5.74) is 14.5. The Hall–Kier alpha value is -14.4. The van der Waals surface area contributed by atoms with E-state index in [9.17, 15) is 66.0 Å². The molecule has 0 fully saturated rings. The second-order valence-electron chi connectivity index (χ2n) is 28.2. The first-order valence-electron chi connectivity index (χ1n) is 40.6. The first-order chi connectivity index (χ1) is 59.6. The highest BCUT2D eigenvalue weighted by Gasteiger charge is 2.59. The van der Waals surface area contributed by atoms with E-state index in [0.29, 0.717) is 11.4 Å². The van der Waals surface area contributed by atoms with Crippen molar-refractivity contribution in [3.63, 3.8) is 0 Å². The highest BCUT2D eigenvalue weighted by Crippen LogP contribution is 2.67. The van der Waals surface area contributed by atoms with E-state index in [1.165, 1.54) is 36.0 Å². The highest BCUT2D eigenvalue weighted by molar-refractivity contribution is 7.99. The molecule has 3 spiro atoms. The molecule has 0 bridgehead atoms. The molecular formula is C100H75NO20S2. The van der Waals surface area contributed by atoms with E-state index < -0.39 is 97.7 Å². The molecule has 0 amide bonds. The van der Waals surface area contributed by atoms with Gasteiger partial charge in [0, 0.05) is 28.2 Å². The summed E-state index contributed by atoms with van der Waals surface area (Å²) in [4.78, 5) is 153. The van der Waals surface area contributed by atoms with Crippen molar-refractivity contribution >= 4 is 105 Å². The Morgan fingerprint density at radius 3 is 0.642 bits per heavy atom. The Morgan fingerprint density at radius 1 is 0.220 bits per heavy atom. The molecule has 12 aliphatic rings. The Kier molecular flexibility index (Phi) is 20.5. The maximum atomic E-state index is 14.2. The fourth-order valence-corrected chi connectivity index (χ4v) is 21.9. The third kappa shape index (κ3) is 11.2. The van der Waals surface area contributed by atoms with E-state index in [2.05, 4.69) is 24.3 Å². The van der Waals surface area contributed by atoms with Crippen molar-refractivity contribution < 1.29 is 94.4 Å². The quantitative estimate of drug-likeness (QED) is 0.0774. The molecule has 0 saturated carbocycles. The van der Waals surface area contributed by atoms with Crippen molar-refractivity contribution in [2.75, 3.05) is 11.9 Å². The number of benzene rings is 12. The van der Waals surface area contributed by atoms with E-state index in [1.54, 1.807) is 48.5 Å². The van der Waals surface area contributed by atoms with E-state index in [4.69, 9.17) is 28.4 Å².